The van der Waals surface area contributed by atoms with E-state index in [1.807, 2.05) is 6.07 Å². The molecule has 0 heterocycles. The Balaban J connectivity index is 2.35. The molecule has 2 aromatic rings. The van der Waals surface area contributed by atoms with Crippen molar-refractivity contribution in [1.82, 2.24) is 0 Å². The summed E-state index contributed by atoms with van der Waals surface area (Å²) in [5, 5.41) is 19.8. The first kappa shape index (κ1) is 12.3. The van der Waals surface area contributed by atoms with Crippen LogP contribution in [0.5, 0.6) is 5.75 Å². The van der Waals surface area contributed by atoms with E-state index in [-0.39, 0.29) is 11.3 Å². The molecule has 0 saturated carbocycles. The van der Waals surface area contributed by atoms with Crippen LogP contribution in [0.4, 0.5) is 0 Å². The Kier molecular flexibility index (Phi) is 3.44. The molecule has 3 nitrogen and oxygen atoms in total. The van der Waals surface area contributed by atoms with E-state index in [0.29, 0.717) is 11.1 Å². The van der Waals surface area contributed by atoms with Crippen molar-refractivity contribution in [1.29, 1.82) is 0 Å². The summed E-state index contributed by atoms with van der Waals surface area (Å²) in [6.07, 6.45) is -1.25. The monoisotopic (exact) mass is 242 g/mol. The average Bonchev–Trinajstić information content (AvgIpc) is 2.41. The number of carbonyl (C=O) groups excluding carboxylic acids is 1. The van der Waals surface area contributed by atoms with Crippen LogP contribution >= 0.6 is 0 Å². The van der Waals surface area contributed by atoms with Crippen LogP contribution in [0.2, 0.25) is 0 Å². The zero-order valence-electron chi connectivity index (χ0n) is 10.00. The lowest BCUT2D eigenvalue weighted by Crippen LogP contribution is -2.12. The fourth-order valence-corrected chi connectivity index (χ4v) is 1.79. The number of para-hydroxylation sites is 1. The fraction of sp³-hybridized carbons (Fsp3) is 0.133. The van der Waals surface area contributed by atoms with Gasteiger partial charge in [0.05, 0.1) is 5.56 Å². The number of carbonyl (C=O) groups is 1. The van der Waals surface area contributed by atoms with Crippen molar-refractivity contribution in [3.63, 3.8) is 0 Å². The highest BCUT2D eigenvalue weighted by atomic mass is 16.3. The van der Waals surface area contributed by atoms with Crippen molar-refractivity contribution in [2.24, 2.45) is 0 Å². The Morgan fingerprint density at radius 1 is 1.06 bits per heavy atom. The molecule has 0 radical (unpaired) electrons. The highest BCUT2D eigenvalue weighted by Crippen LogP contribution is 2.26. The number of phenols is 1. The van der Waals surface area contributed by atoms with Crippen molar-refractivity contribution in [3.05, 3.63) is 65.2 Å². The van der Waals surface area contributed by atoms with E-state index in [9.17, 15) is 15.0 Å². The number of rotatable bonds is 3. The van der Waals surface area contributed by atoms with E-state index in [0.717, 1.165) is 0 Å². The summed E-state index contributed by atoms with van der Waals surface area (Å²) >= 11 is 0. The number of benzene rings is 2. The van der Waals surface area contributed by atoms with Crippen LogP contribution in [0.25, 0.3) is 0 Å². The third-order valence-corrected chi connectivity index (χ3v) is 2.87. The molecular weight excluding hydrogens is 228 g/mol. The van der Waals surface area contributed by atoms with Crippen molar-refractivity contribution >= 4 is 5.78 Å². The summed E-state index contributed by atoms with van der Waals surface area (Å²) in [7, 11) is 0. The van der Waals surface area contributed by atoms with E-state index in [2.05, 4.69) is 0 Å². The summed E-state index contributed by atoms with van der Waals surface area (Å²) in [6, 6.07) is 13.6. The number of aromatic hydroxyl groups is 1. The van der Waals surface area contributed by atoms with Gasteiger partial charge in [-0.3, -0.25) is 4.79 Å². The molecule has 0 amide bonds. The first-order chi connectivity index (χ1) is 8.61. The molecule has 0 aliphatic heterocycles. The predicted molar refractivity (Wildman–Crippen MR) is 68.6 cm³/mol. The minimum absolute atomic E-state index is 0.0718. The van der Waals surface area contributed by atoms with Crippen LogP contribution in [-0.4, -0.2) is 16.0 Å². The second-order valence-corrected chi connectivity index (χ2v) is 4.15. The van der Waals surface area contributed by atoms with Gasteiger partial charge in [-0.1, -0.05) is 42.5 Å². The maximum absolute atomic E-state index is 12.1. The Bertz CT molecular complexity index is 561. The van der Waals surface area contributed by atoms with Gasteiger partial charge in [0, 0.05) is 0 Å². The Morgan fingerprint density at radius 3 is 2.39 bits per heavy atom. The van der Waals surface area contributed by atoms with Gasteiger partial charge in [-0.25, -0.2) is 0 Å². The average molecular weight is 242 g/mol. The fourth-order valence-electron chi connectivity index (χ4n) is 1.79. The zero-order chi connectivity index (χ0) is 13.1. The van der Waals surface area contributed by atoms with Gasteiger partial charge in [-0.2, -0.15) is 0 Å². The number of aryl methyl sites for hydroxylation is 1. The molecule has 92 valence electrons. The molecule has 0 aromatic heterocycles. The molecule has 1 unspecified atom stereocenters. The second kappa shape index (κ2) is 5.02. The first-order valence-corrected chi connectivity index (χ1v) is 5.67. The lowest BCUT2D eigenvalue weighted by Gasteiger charge is -2.12. The number of hydrogen-bond acceptors (Lipinski definition) is 3. The van der Waals surface area contributed by atoms with Gasteiger partial charge in [-0.15, -0.1) is 0 Å². The van der Waals surface area contributed by atoms with Gasteiger partial charge in [0.15, 0.2) is 5.78 Å². The Hall–Kier alpha value is -2.13. The van der Waals surface area contributed by atoms with Crippen LogP contribution in [0.3, 0.4) is 0 Å². The van der Waals surface area contributed by atoms with E-state index >= 15 is 0 Å². The maximum atomic E-state index is 12.1. The predicted octanol–water partition coefficient (Wildman–Crippen LogP) is 2.62. The third kappa shape index (κ3) is 2.26. The van der Waals surface area contributed by atoms with E-state index in [1.54, 1.807) is 43.3 Å². The minimum Gasteiger partial charge on any atom is -0.507 e. The summed E-state index contributed by atoms with van der Waals surface area (Å²) in [5.74, 6) is -0.570. The smallest absolute Gasteiger partial charge is 0.199 e. The van der Waals surface area contributed by atoms with Gasteiger partial charge in [0.2, 0.25) is 0 Å². The minimum atomic E-state index is -1.25. The van der Waals surface area contributed by atoms with Gasteiger partial charge in [0.1, 0.15) is 11.9 Å². The largest absolute Gasteiger partial charge is 0.507 e. The number of aliphatic hydroxyl groups is 1. The summed E-state index contributed by atoms with van der Waals surface area (Å²) in [4.78, 5) is 12.1. The van der Waals surface area contributed by atoms with Crippen molar-refractivity contribution in [2.45, 2.75) is 13.0 Å². The molecule has 0 fully saturated rings. The molecule has 0 aliphatic carbocycles. The molecule has 1 atom stereocenters. The number of ketones is 1. The SMILES string of the molecule is Cc1cccc(C(=O)C(O)c2ccccc2)c1O. The molecule has 18 heavy (non-hydrogen) atoms. The molecule has 2 aromatic carbocycles. The zero-order valence-corrected chi connectivity index (χ0v) is 10.00. The van der Waals surface area contributed by atoms with Crippen LogP contribution in [0, 0.1) is 6.92 Å². The molecular formula is C15H14O3. The van der Waals surface area contributed by atoms with E-state index in [4.69, 9.17) is 0 Å². The standard InChI is InChI=1S/C15H14O3/c1-10-6-5-9-12(13(10)16)15(18)14(17)11-7-3-2-4-8-11/h2-9,14,16-17H,1H3. The highest BCUT2D eigenvalue weighted by Gasteiger charge is 2.22. The molecule has 0 spiro atoms. The van der Waals surface area contributed by atoms with Gasteiger partial charge >= 0.3 is 0 Å². The van der Waals surface area contributed by atoms with Crippen LogP contribution in [0.15, 0.2) is 48.5 Å². The van der Waals surface area contributed by atoms with E-state index < -0.39 is 11.9 Å². The van der Waals surface area contributed by atoms with Crippen molar-refractivity contribution < 1.29 is 15.0 Å². The van der Waals surface area contributed by atoms with Gasteiger partial charge in [-0.05, 0) is 24.1 Å². The van der Waals surface area contributed by atoms with Gasteiger partial charge < -0.3 is 10.2 Å². The van der Waals surface area contributed by atoms with E-state index in [1.165, 1.54) is 6.07 Å². The van der Waals surface area contributed by atoms with Crippen LogP contribution in [0.1, 0.15) is 27.6 Å². The van der Waals surface area contributed by atoms with Gasteiger partial charge in [0.25, 0.3) is 0 Å². The Labute approximate surface area is 105 Å². The number of hydrogen-bond donors (Lipinski definition) is 2. The molecule has 2 rings (SSSR count). The van der Waals surface area contributed by atoms with Crippen molar-refractivity contribution in [3.8, 4) is 5.75 Å². The molecule has 3 heteroatoms. The third-order valence-electron chi connectivity index (χ3n) is 2.87. The number of aliphatic hydroxyl groups excluding tert-OH is 1. The second-order valence-electron chi connectivity index (χ2n) is 4.15. The number of phenolic OH excluding ortho intramolecular Hbond substituents is 1. The lowest BCUT2D eigenvalue weighted by atomic mass is 9.98. The maximum Gasteiger partial charge on any atom is 0.199 e. The molecule has 0 saturated heterocycles. The summed E-state index contributed by atoms with van der Waals surface area (Å²) in [5.41, 5.74) is 1.27. The number of Topliss-reactive ketones (excluding diaryl/α,β-unsaturated/α-hetero) is 1. The van der Waals surface area contributed by atoms with Crippen LogP contribution in [-0.2, 0) is 0 Å². The molecule has 2 N–H and O–H groups in total. The first-order valence-electron chi connectivity index (χ1n) is 5.67. The summed E-state index contributed by atoms with van der Waals surface area (Å²) in [6.45, 7) is 1.71. The van der Waals surface area contributed by atoms with Crippen molar-refractivity contribution in [2.75, 3.05) is 0 Å². The Morgan fingerprint density at radius 2 is 1.72 bits per heavy atom. The molecule has 0 bridgehead atoms. The quantitative estimate of drug-likeness (QED) is 0.813. The molecule has 0 aliphatic rings. The van der Waals surface area contributed by atoms with Crippen LogP contribution < -0.4 is 0 Å². The lowest BCUT2D eigenvalue weighted by molar-refractivity contribution is 0.0744. The normalized spacial score (nSPS) is 12.1. The topological polar surface area (TPSA) is 57.5 Å². The summed E-state index contributed by atoms with van der Waals surface area (Å²) < 4.78 is 0. The highest BCUT2D eigenvalue weighted by molar-refractivity contribution is 6.02.